The first kappa shape index (κ1) is 41.9. The number of imidazole rings is 1. The molecule has 4 aromatic rings. The number of nitrogens with zero attached hydrogens (tertiary/aromatic N) is 3. The smallest absolute Gasteiger partial charge is 0.407 e. The molecule has 13 heteroatoms. The molecule has 5 heterocycles. The number of likely N-dealkylation sites (tertiary alicyclic amines) is 1. The van der Waals surface area contributed by atoms with Gasteiger partial charge in [0.05, 0.1) is 40.5 Å². The predicted molar refractivity (Wildman–Crippen MR) is 233 cm³/mol. The Labute approximate surface area is 344 Å². The Morgan fingerprint density at radius 3 is 2.35 bits per heavy atom. The molecule has 5 unspecified atom stereocenters. The second-order valence-corrected chi connectivity index (χ2v) is 17.5. The van der Waals surface area contributed by atoms with Gasteiger partial charge in [0.1, 0.15) is 17.9 Å². The monoisotopic (exact) mass is 811 g/mol. The molecule has 304 valence electrons. The number of carbonyl (C=O) groups excluding carboxylic acids is 3. The highest BCUT2D eigenvalue weighted by molar-refractivity contribution is 7.27. The number of allylic oxidation sites excluding steroid dienone is 1. The summed E-state index contributed by atoms with van der Waals surface area (Å²) < 4.78 is 7.30. The van der Waals surface area contributed by atoms with Crippen LogP contribution >= 0.6 is 22.7 Å². The number of H-pyrrole nitrogens is 1. The molecule has 0 spiro atoms. The Balaban J connectivity index is 1.18. The molecule has 6 rings (SSSR count). The minimum absolute atomic E-state index is 0.0357. The number of thiophene rings is 2. The number of ether oxygens (including phenoxy) is 1. The molecule has 0 saturated carbocycles. The highest BCUT2D eigenvalue weighted by atomic mass is 32.1. The molecule has 5 atom stereocenters. The zero-order valence-electron chi connectivity index (χ0n) is 34.3. The summed E-state index contributed by atoms with van der Waals surface area (Å²) in [5.74, 6) is 1.02. The molecule has 1 fully saturated rings. The summed E-state index contributed by atoms with van der Waals surface area (Å²) in [5.41, 5.74) is 7.54. The normalized spacial score (nSPS) is 18.7. The number of likely N-dealkylation sites (N-methyl/N-ethyl adjacent to an activating group) is 1. The van der Waals surface area contributed by atoms with Crippen LogP contribution in [0.1, 0.15) is 78.2 Å². The fourth-order valence-electron chi connectivity index (χ4n) is 7.83. The molecule has 11 nitrogen and oxygen atoms in total. The second-order valence-electron chi connectivity index (χ2n) is 15.7. The minimum atomic E-state index is -0.716. The van der Waals surface area contributed by atoms with Crippen molar-refractivity contribution in [3.63, 3.8) is 0 Å². The lowest BCUT2D eigenvalue weighted by Gasteiger charge is -2.31. The van der Waals surface area contributed by atoms with Gasteiger partial charge in [0.15, 0.2) is 0 Å². The number of amides is 3. The molecule has 0 aliphatic carbocycles. The molecule has 1 saturated heterocycles. The lowest BCUT2D eigenvalue weighted by Crippen LogP contribution is -2.51. The van der Waals surface area contributed by atoms with Crippen LogP contribution in [0.25, 0.3) is 37.4 Å². The third-order valence-electron chi connectivity index (χ3n) is 11.3. The Morgan fingerprint density at radius 1 is 1.00 bits per heavy atom. The third kappa shape index (κ3) is 8.75. The van der Waals surface area contributed by atoms with E-state index in [2.05, 4.69) is 101 Å². The fourth-order valence-corrected chi connectivity index (χ4v) is 10.3. The average molecular weight is 812 g/mol. The van der Waals surface area contributed by atoms with Gasteiger partial charge in [-0.15, -0.1) is 22.7 Å². The number of hydrogen-bond acceptors (Lipinski definition) is 9. The maximum absolute atomic E-state index is 13.6. The standard InChI is InChI=1S/C44H57N7O4S2/c1-10-27(6)31(21-46-28(7)35-13-11-19-50(35)42(52)37(45-8)25(2)3)33-24-57-39-32(23-56-40(33)39)29-15-17-30(18-16-29)34-22-47-41(48-34)36-14-12-20-51(36)43(53)38(26(4)5)49-44(54)55-9/h12,14-18,21-27,35-38,45-46H,7,10-11,13,19-20H2,1-6,8-9H3,(H,47,48)(H,49,54)/b31-21+. The van der Waals surface area contributed by atoms with Gasteiger partial charge in [0.2, 0.25) is 11.8 Å². The van der Waals surface area contributed by atoms with Crippen molar-refractivity contribution >= 4 is 55.6 Å². The first-order chi connectivity index (χ1) is 27.4. The lowest BCUT2D eigenvalue weighted by molar-refractivity contribution is -0.135. The van der Waals surface area contributed by atoms with E-state index in [9.17, 15) is 14.4 Å². The molecular weight excluding hydrogens is 755 g/mol. The van der Waals surface area contributed by atoms with Crippen molar-refractivity contribution < 1.29 is 19.1 Å². The van der Waals surface area contributed by atoms with Gasteiger partial charge in [-0.2, -0.15) is 0 Å². The zero-order chi connectivity index (χ0) is 41.0. The van der Waals surface area contributed by atoms with E-state index in [1.165, 1.54) is 33.2 Å². The van der Waals surface area contributed by atoms with E-state index in [0.717, 1.165) is 48.3 Å². The lowest BCUT2D eigenvalue weighted by atomic mass is 9.94. The maximum atomic E-state index is 13.6. The summed E-state index contributed by atoms with van der Waals surface area (Å²) in [7, 11) is 3.15. The van der Waals surface area contributed by atoms with E-state index in [4.69, 9.17) is 4.74 Å². The number of hydrogen-bond donors (Lipinski definition) is 4. The van der Waals surface area contributed by atoms with Crippen molar-refractivity contribution in [2.45, 2.75) is 85.0 Å². The molecule has 57 heavy (non-hydrogen) atoms. The van der Waals surface area contributed by atoms with Gasteiger partial charge in [-0.25, -0.2) is 9.78 Å². The van der Waals surface area contributed by atoms with E-state index in [-0.39, 0.29) is 41.8 Å². The van der Waals surface area contributed by atoms with Crippen LogP contribution in [0.5, 0.6) is 0 Å². The van der Waals surface area contributed by atoms with Crippen LogP contribution in [-0.4, -0.2) is 83.0 Å². The number of aromatic nitrogens is 2. The molecule has 1 aromatic carbocycles. The summed E-state index contributed by atoms with van der Waals surface area (Å²) in [5, 5.41) is 14.0. The first-order valence-corrected chi connectivity index (χ1v) is 21.7. The Kier molecular flexibility index (Phi) is 13.4. The van der Waals surface area contributed by atoms with Gasteiger partial charge in [0, 0.05) is 46.9 Å². The molecule has 3 amide bonds. The number of alkyl carbamates (subject to hydrolysis) is 1. The van der Waals surface area contributed by atoms with E-state index < -0.39 is 12.1 Å². The number of aromatic amines is 1. The van der Waals surface area contributed by atoms with E-state index in [0.29, 0.717) is 18.3 Å². The molecule has 0 bridgehead atoms. The van der Waals surface area contributed by atoms with Crippen LogP contribution in [0.15, 0.2) is 71.9 Å². The number of methoxy groups -OCH3 is 1. The SMILES string of the molecule is C=C(N/C=C(/c1csc2c(-c3ccc(-c4cnc(C5C=CCN5C(=O)C(NC(=O)OC)C(C)C)[nH]4)cc3)csc12)C(C)CC)C1CCCN1C(=O)C(NC)C(C)C. The van der Waals surface area contributed by atoms with Gasteiger partial charge in [-0.3, -0.25) is 9.59 Å². The van der Waals surface area contributed by atoms with Gasteiger partial charge in [-0.1, -0.05) is 84.5 Å². The molecule has 3 aromatic heterocycles. The van der Waals surface area contributed by atoms with Crippen LogP contribution in [0.2, 0.25) is 0 Å². The van der Waals surface area contributed by atoms with Crippen LogP contribution in [-0.2, 0) is 14.3 Å². The molecule has 0 radical (unpaired) electrons. The number of fused-ring (bicyclic) bond motifs is 1. The number of benzene rings is 1. The van der Waals surface area contributed by atoms with Gasteiger partial charge >= 0.3 is 6.09 Å². The number of nitrogens with one attached hydrogen (secondary N) is 4. The first-order valence-electron chi connectivity index (χ1n) is 20.0. The third-order valence-corrected chi connectivity index (χ3v) is 13.5. The highest BCUT2D eigenvalue weighted by Gasteiger charge is 2.36. The quantitative estimate of drug-likeness (QED) is 0.0886. The Morgan fingerprint density at radius 2 is 1.68 bits per heavy atom. The van der Waals surface area contributed by atoms with Crippen LogP contribution in [0, 0.1) is 17.8 Å². The minimum Gasteiger partial charge on any atom is -0.453 e. The van der Waals surface area contributed by atoms with Crippen LogP contribution < -0.4 is 16.0 Å². The highest BCUT2D eigenvalue weighted by Crippen LogP contribution is 2.44. The van der Waals surface area contributed by atoms with Crippen LogP contribution in [0.3, 0.4) is 0 Å². The van der Waals surface area contributed by atoms with Gasteiger partial charge in [0.25, 0.3) is 0 Å². The molecule has 4 N–H and O–H groups in total. The van der Waals surface area contributed by atoms with Crippen LogP contribution in [0.4, 0.5) is 4.79 Å². The number of carbonyl (C=O) groups is 3. The molecular formula is C44H57N7O4S2. The van der Waals surface area contributed by atoms with Crippen molar-refractivity contribution in [3.05, 3.63) is 83.2 Å². The second kappa shape index (κ2) is 18.3. The van der Waals surface area contributed by atoms with Crippen molar-refractivity contribution in [2.75, 3.05) is 27.2 Å². The van der Waals surface area contributed by atoms with Crippen molar-refractivity contribution in [3.8, 4) is 22.4 Å². The fraction of sp³-hybridized carbons (Fsp3) is 0.455. The zero-order valence-corrected chi connectivity index (χ0v) is 36.0. The Hall–Kier alpha value is -4.72. The summed E-state index contributed by atoms with van der Waals surface area (Å²) in [6.07, 6.45) is 10.1. The summed E-state index contributed by atoms with van der Waals surface area (Å²) >= 11 is 3.55. The molecule has 2 aliphatic heterocycles. The van der Waals surface area contributed by atoms with E-state index in [1.54, 1.807) is 33.8 Å². The van der Waals surface area contributed by atoms with Crippen molar-refractivity contribution in [1.29, 1.82) is 0 Å². The van der Waals surface area contributed by atoms with Crippen molar-refractivity contribution in [2.24, 2.45) is 17.8 Å². The average Bonchev–Trinajstić information content (AvgIpc) is 4.05. The summed E-state index contributed by atoms with van der Waals surface area (Å²) in [4.78, 5) is 50.8. The van der Waals surface area contributed by atoms with Gasteiger partial charge in [-0.05, 0) is 60.8 Å². The maximum Gasteiger partial charge on any atom is 0.407 e. The molecule has 2 aliphatic rings. The Bertz CT molecular complexity index is 2130. The number of rotatable bonds is 15. The topological polar surface area (TPSA) is 132 Å². The summed E-state index contributed by atoms with van der Waals surface area (Å²) in [6, 6.07) is 7.17. The summed E-state index contributed by atoms with van der Waals surface area (Å²) in [6.45, 7) is 18.0. The predicted octanol–water partition coefficient (Wildman–Crippen LogP) is 8.57. The van der Waals surface area contributed by atoms with E-state index >= 15 is 0 Å². The van der Waals surface area contributed by atoms with Crippen molar-refractivity contribution in [1.82, 2.24) is 35.7 Å². The van der Waals surface area contributed by atoms with E-state index in [1.807, 2.05) is 37.9 Å². The largest absolute Gasteiger partial charge is 0.453 e. The van der Waals surface area contributed by atoms with Gasteiger partial charge < -0.3 is 35.5 Å².